The number of ether oxygens (including phenoxy) is 1. The molecule has 3 saturated heterocycles. The molecule has 216 valence electrons. The van der Waals surface area contributed by atoms with Crippen molar-refractivity contribution in [2.24, 2.45) is 11.8 Å². The number of carboxylic acids is 1. The molecule has 12 heteroatoms. The molecule has 8 nitrogen and oxygen atoms in total. The Kier molecular flexibility index (Phi) is 10.1. The van der Waals surface area contributed by atoms with E-state index in [1.165, 1.54) is 42.6 Å². The Bertz CT molecular complexity index is 1070. The summed E-state index contributed by atoms with van der Waals surface area (Å²) < 4.78 is 36.9. The number of carbonyl (C=O) groups is 4. The fraction of sp³-hybridized carbons (Fsp3) is 0.630. The van der Waals surface area contributed by atoms with Gasteiger partial charge in [-0.25, -0.2) is 4.79 Å². The number of carboxylic acid groups (broad SMARTS) is 1. The van der Waals surface area contributed by atoms with Gasteiger partial charge in [0.15, 0.2) is 0 Å². The number of esters is 1. The maximum Gasteiger partial charge on any atom is 0.490 e. The number of benzene rings is 1. The molecule has 4 atom stereocenters. The summed E-state index contributed by atoms with van der Waals surface area (Å²) in [5, 5.41) is 7.12. The van der Waals surface area contributed by atoms with Crippen molar-refractivity contribution in [3.8, 4) is 0 Å². The molecule has 3 aliphatic rings. The zero-order chi connectivity index (χ0) is 29.0. The molecule has 1 aromatic rings. The molecular weight excluding hydrogens is 537 g/mol. The van der Waals surface area contributed by atoms with E-state index < -0.39 is 29.5 Å². The Morgan fingerprint density at radius 1 is 1.10 bits per heavy atom. The first kappa shape index (κ1) is 30.9. The molecule has 0 bridgehead atoms. The number of hydrogen-bond acceptors (Lipinski definition) is 7. The van der Waals surface area contributed by atoms with Gasteiger partial charge in [-0.1, -0.05) is 38.3 Å². The SMILES string of the molecule is CCCCCCSc1ccc([C@@H]2[C@H]3C(=O)N(CC)C(=O)[C@H]3[C@]3(C(=O)OC)CCCN23)cc1.O=C(O)C(F)(F)F. The van der Waals surface area contributed by atoms with Crippen LogP contribution in [0.4, 0.5) is 13.2 Å². The van der Waals surface area contributed by atoms with E-state index in [9.17, 15) is 27.6 Å². The van der Waals surface area contributed by atoms with Crippen LogP contribution in [0, 0.1) is 11.8 Å². The van der Waals surface area contributed by atoms with Gasteiger partial charge in [0, 0.05) is 17.5 Å². The molecule has 1 N–H and O–H groups in total. The van der Waals surface area contributed by atoms with Gasteiger partial charge in [0.1, 0.15) is 5.54 Å². The number of aliphatic carboxylic acids is 1. The summed E-state index contributed by atoms with van der Waals surface area (Å²) in [4.78, 5) is 53.2. The lowest BCUT2D eigenvalue weighted by molar-refractivity contribution is -0.192. The first-order chi connectivity index (χ1) is 18.4. The predicted octanol–water partition coefficient (Wildman–Crippen LogP) is 4.68. The number of methoxy groups -OCH3 is 1. The second kappa shape index (κ2) is 12.7. The molecule has 0 aliphatic carbocycles. The van der Waals surface area contributed by atoms with Gasteiger partial charge in [0.05, 0.1) is 18.9 Å². The van der Waals surface area contributed by atoms with Crippen LogP contribution < -0.4 is 0 Å². The number of fused-ring (bicyclic) bond motifs is 3. The largest absolute Gasteiger partial charge is 0.490 e. The van der Waals surface area contributed by atoms with Crippen LogP contribution in [-0.2, 0) is 23.9 Å². The Labute approximate surface area is 230 Å². The summed E-state index contributed by atoms with van der Waals surface area (Å²) in [6.07, 6.45) is 1.28. The number of hydrogen-bond donors (Lipinski definition) is 1. The minimum absolute atomic E-state index is 0.153. The third-order valence-electron chi connectivity index (χ3n) is 7.69. The van der Waals surface area contributed by atoms with Gasteiger partial charge in [-0.2, -0.15) is 13.2 Å². The van der Waals surface area contributed by atoms with E-state index in [1.807, 2.05) is 18.7 Å². The monoisotopic (exact) mass is 572 g/mol. The number of nitrogens with zero attached hydrogens (tertiary/aromatic N) is 2. The Balaban J connectivity index is 0.000000532. The van der Waals surface area contributed by atoms with Gasteiger partial charge in [0.25, 0.3) is 0 Å². The zero-order valence-corrected chi connectivity index (χ0v) is 23.1. The number of amides is 2. The summed E-state index contributed by atoms with van der Waals surface area (Å²) in [6.45, 7) is 5.06. The van der Waals surface area contributed by atoms with Crippen molar-refractivity contribution in [2.45, 2.75) is 75.0 Å². The molecule has 3 heterocycles. The number of halogens is 3. The molecule has 39 heavy (non-hydrogen) atoms. The predicted molar refractivity (Wildman–Crippen MR) is 138 cm³/mol. The highest BCUT2D eigenvalue weighted by Gasteiger charge is 2.73. The van der Waals surface area contributed by atoms with Crippen LogP contribution in [0.2, 0.25) is 0 Å². The van der Waals surface area contributed by atoms with E-state index >= 15 is 0 Å². The summed E-state index contributed by atoms with van der Waals surface area (Å²) >= 11 is 1.86. The van der Waals surface area contributed by atoms with Crippen molar-refractivity contribution in [1.82, 2.24) is 9.80 Å². The number of unbranched alkanes of at least 4 members (excludes halogenated alkanes) is 3. The topological polar surface area (TPSA) is 104 Å². The molecule has 0 aromatic heterocycles. The highest BCUT2D eigenvalue weighted by molar-refractivity contribution is 7.99. The molecule has 0 saturated carbocycles. The quantitative estimate of drug-likeness (QED) is 0.197. The van der Waals surface area contributed by atoms with E-state index in [1.54, 1.807) is 0 Å². The van der Waals surface area contributed by atoms with Crippen LogP contribution in [0.15, 0.2) is 29.2 Å². The lowest BCUT2D eigenvalue weighted by atomic mass is 9.77. The summed E-state index contributed by atoms with van der Waals surface area (Å²) in [7, 11) is 1.38. The number of rotatable bonds is 9. The van der Waals surface area contributed by atoms with Gasteiger partial charge in [0.2, 0.25) is 11.8 Å². The van der Waals surface area contributed by atoms with Crippen molar-refractivity contribution in [2.75, 3.05) is 26.0 Å². The van der Waals surface area contributed by atoms with E-state index in [2.05, 4.69) is 36.1 Å². The van der Waals surface area contributed by atoms with E-state index in [4.69, 9.17) is 14.6 Å². The molecular formula is C27H35F3N2O6S. The maximum absolute atomic E-state index is 13.3. The Morgan fingerprint density at radius 2 is 1.74 bits per heavy atom. The standard InChI is InChI=1S/C25H34N2O4S.C2HF3O2/c1-4-6-7-8-16-32-18-12-10-17(11-13-18)21-19-20(23(29)26(5-2)22(19)28)25(24(30)31-3)14-9-15-27(21)25;3-2(4,5)1(6)7/h10-13,19-21H,4-9,14-16H2,1-3H3;(H,6,7)/t19-,20-,21+,25-;/m0./s1. The first-order valence-electron chi connectivity index (χ1n) is 13.2. The number of likely N-dealkylation sites (tertiary alicyclic amines) is 1. The zero-order valence-electron chi connectivity index (χ0n) is 22.3. The lowest BCUT2D eigenvalue weighted by Crippen LogP contribution is -2.54. The molecule has 3 fully saturated rings. The first-order valence-corrected chi connectivity index (χ1v) is 14.2. The van der Waals surface area contributed by atoms with E-state index in [0.717, 1.165) is 17.7 Å². The second-order valence-corrected chi connectivity index (χ2v) is 11.0. The third kappa shape index (κ3) is 5.96. The summed E-state index contributed by atoms with van der Waals surface area (Å²) in [6, 6.07) is 8.10. The van der Waals surface area contributed by atoms with Gasteiger partial charge < -0.3 is 9.84 Å². The molecule has 3 aliphatic heterocycles. The molecule has 0 spiro atoms. The summed E-state index contributed by atoms with van der Waals surface area (Å²) in [5.41, 5.74) is -0.0323. The van der Waals surface area contributed by atoms with E-state index in [-0.39, 0.29) is 23.8 Å². The molecule has 2 amide bonds. The minimum Gasteiger partial charge on any atom is -0.475 e. The maximum atomic E-state index is 13.3. The molecule has 1 aromatic carbocycles. The molecule has 0 radical (unpaired) electrons. The number of alkyl halides is 3. The molecule has 0 unspecified atom stereocenters. The third-order valence-corrected chi connectivity index (χ3v) is 8.79. The van der Waals surface area contributed by atoms with Crippen molar-refractivity contribution in [3.05, 3.63) is 29.8 Å². The second-order valence-electron chi connectivity index (χ2n) is 9.86. The smallest absolute Gasteiger partial charge is 0.475 e. The fourth-order valence-electron chi connectivity index (χ4n) is 6.05. The number of thioether (sulfide) groups is 1. The fourth-order valence-corrected chi connectivity index (χ4v) is 6.96. The number of imide groups is 1. The van der Waals surface area contributed by atoms with Crippen molar-refractivity contribution in [3.63, 3.8) is 0 Å². The minimum atomic E-state index is -5.08. The van der Waals surface area contributed by atoms with Crippen molar-refractivity contribution >= 4 is 35.5 Å². The van der Waals surface area contributed by atoms with Gasteiger partial charge in [-0.05, 0) is 56.2 Å². The van der Waals surface area contributed by atoms with Gasteiger partial charge in [-0.3, -0.25) is 24.2 Å². The average Bonchev–Trinajstić information content (AvgIpc) is 3.52. The Hall–Kier alpha value is -2.60. The van der Waals surface area contributed by atoms with Crippen LogP contribution >= 0.6 is 11.8 Å². The van der Waals surface area contributed by atoms with Crippen LogP contribution in [0.5, 0.6) is 0 Å². The van der Waals surface area contributed by atoms with Crippen LogP contribution in [0.1, 0.15) is 64.0 Å². The lowest BCUT2D eigenvalue weighted by Gasteiger charge is -2.36. The average molecular weight is 573 g/mol. The van der Waals surface area contributed by atoms with E-state index in [0.29, 0.717) is 19.5 Å². The summed E-state index contributed by atoms with van der Waals surface area (Å²) in [5.74, 6) is -3.61. The Morgan fingerprint density at radius 3 is 2.28 bits per heavy atom. The molecule has 4 rings (SSSR count). The highest BCUT2D eigenvalue weighted by atomic mass is 32.2. The van der Waals surface area contributed by atoms with Gasteiger partial charge in [-0.15, -0.1) is 11.8 Å². The van der Waals surface area contributed by atoms with Crippen LogP contribution in [-0.4, -0.2) is 76.3 Å². The highest BCUT2D eigenvalue weighted by Crippen LogP contribution is 2.59. The van der Waals surface area contributed by atoms with Crippen molar-refractivity contribution < 1.29 is 42.2 Å². The number of carbonyl (C=O) groups excluding carboxylic acids is 3. The van der Waals surface area contributed by atoms with Crippen LogP contribution in [0.3, 0.4) is 0 Å². The van der Waals surface area contributed by atoms with Crippen molar-refractivity contribution in [1.29, 1.82) is 0 Å². The van der Waals surface area contributed by atoms with Gasteiger partial charge >= 0.3 is 18.1 Å². The van der Waals surface area contributed by atoms with Crippen LogP contribution in [0.25, 0.3) is 0 Å². The normalized spacial score (nSPS) is 26.2.